The molecule has 0 amide bonds. The first-order chi connectivity index (χ1) is 8.31. The number of hydrogen-bond acceptors (Lipinski definition) is 4. The Balaban J connectivity index is 1.84. The van der Waals surface area contributed by atoms with Crippen LogP contribution in [0.3, 0.4) is 0 Å². The highest BCUT2D eigenvalue weighted by Crippen LogP contribution is 2.27. The molecule has 3 nitrogen and oxygen atoms in total. The van der Waals surface area contributed by atoms with Crippen LogP contribution in [0.5, 0.6) is 0 Å². The molecule has 0 unspecified atom stereocenters. The van der Waals surface area contributed by atoms with Gasteiger partial charge in [-0.1, -0.05) is 0 Å². The van der Waals surface area contributed by atoms with Gasteiger partial charge >= 0.3 is 0 Å². The number of anilines is 1. The van der Waals surface area contributed by atoms with E-state index in [1.54, 1.807) is 0 Å². The summed E-state index contributed by atoms with van der Waals surface area (Å²) in [5.41, 5.74) is 1.17. The van der Waals surface area contributed by atoms with E-state index in [1.807, 2.05) is 19.0 Å². The van der Waals surface area contributed by atoms with Gasteiger partial charge in [0.2, 0.25) is 0 Å². The maximum atomic E-state index is 3.36. The number of nitrogens with one attached hydrogen (secondary N) is 2. The Hall–Kier alpha value is -0.710. The zero-order valence-corrected chi connectivity index (χ0v) is 11.4. The summed E-state index contributed by atoms with van der Waals surface area (Å²) in [6, 6.07) is 9.32. The monoisotopic (exact) mass is 251 g/mol. The third-order valence-electron chi connectivity index (χ3n) is 3.24. The second kappa shape index (κ2) is 6.28. The quantitative estimate of drug-likeness (QED) is 0.804. The van der Waals surface area contributed by atoms with Gasteiger partial charge in [0, 0.05) is 36.8 Å². The van der Waals surface area contributed by atoms with Gasteiger partial charge in [0.1, 0.15) is 0 Å². The Bertz CT molecular complexity index is 331. The van der Waals surface area contributed by atoms with E-state index >= 15 is 0 Å². The minimum atomic E-state index is 0.707. The molecule has 0 aliphatic carbocycles. The van der Waals surface area contributed by atoms with Gasteiger partial charge in [-0.15, -0.1) is 0 Å². The van der Waals surface area contributed by atoms with Crippen LogP contribution in [0, 0.1) is 0 Å². The van der Waals surface area contributed by atoms with Gasteiger partial charge in [-0.25, -0.2) is 4.31 Å². The smallest absolute Gasteiger partial charge is 0.0338 e. The Kier molecular flexibility index (Phi) is 4.71. The highest BCUT2D eigenvalue weighted by molar-refractivity contribution is 7.97. The molecule has 0 atom stereocenters. The maximum absolute atomic E-state index is 3.36. The first kappa shape index (κ1) is 12.7. The van der Waals surface area contributed by atoms with Crippen molar-refractivity contribution in [2.45, 2.75) is 23.8 Å². The van der Waals surface area contributed by atoms with Crippen LogP contribution < -0.4 is 10.6 Å². The number of benzene rings is 1. The molecule has 1 saturated heterocycles. The first-order valence-corrected chi connectivity index (χ1v) is 6.97. The van der Waals surface area contributed by atoms with Crippen molar-refractivity contribution < 1.29 is 0 Å². The summed E-state index contributed by atoms with van der Waals surface area (Å²) in [6.45, 7) is 2.34. The van der Waals surface area contributed by atoms with E-state index in [4.69, 9.17) is 0 Å². The molecule has 1 aromatic rings. The normalized spacial score (nSPS) is 18.2. The second-order valence-electron chi connectivity index (χ2n) is 4.36. The fraction of sp³-hybridized carbons (Fsp3) is 0.538. The third-order valence-corrected chi connectivity index (χ3v) is 4.35. The standard InChI is InChI=1S/C13H21N3S/c1-14-11-3-5-13(6-4-11)17-16-9-7-12(15-2)8-10-16/h3-6,12,14-15H,7-10H2,1-2H3. The molecule has 1 fully saturated rings. The van der Waals surface area contributed by atoms with Crippen LogP contribution in [-0.2, 0) is 0 Å². The van der Waals surface area contributed by atoms with Crippen molar-refractivity contribution in [2.24, 2.45) is 0 Å². The Labute approximate surface area is 108 Å². The van der Waals surface area contributed by atoms with Gasteiger partial charge in [0.25, 0.3) is 0 Å². The molecular weight excluding hydrogens is 230 g/mol. The molecule has 94 valence electrons. The summed E-state index contributed by atoms with van der Waals surface area (Å²) >= 11 is 1.87. The van der Waals surface area contributed by atoms with Crippen molar-refractivity contribution in [1.82, 2.24) is 9.62 Å². The van der Waals surface area contributed by atoms with E-state index in [1.165, 1.54) is 36.5 Å². The highest BCUT2D eigenvalue weighted by atomic mass is 32.2. The van der Waals surface area contributed by atoms with E-state index in [2.05, 4.69) is 46.3 Å². The van der Waals surface area contributed by atoms with Gasteiger partial charge in [-0.05, 0) is 56.1 Å². The van der Waals surface area contributed by atoms with E-state index < -0.39 is 0 Å². The fourth-order valence-electron chi connectivity index (χ4n) is 2.07. The molecular formula is C13H21N3S. The van der Waals surface area contributed by atoms with Crippen molar-refractivity contribution in [3.63, 3.8) is 0 Å². The lowest BCUT2D eigenvalue weighted by Gasteiger charge is -2.30. The molecule has 0 bridgehead atoms. The summed E-state index contributed by atoms with van der Waals surface area (Å²) in [4.78, 5) is 1.33. The van der Waals surface area contributed by atoms with Gasteiger partial charge in [-0.2, -0.15) is 0 Å². The van der Waals surface area contributed by atoms with Gasteiger partial charge in [0.05, 0.1) is 0 Å². The van der Waals surface area contributed by atoms with Crippen molar-refractivity contribution in [3.8, 4) is 0 Å². The van der Waals surface area contributed by atoms with Crippen LogP contribution in [0.4, 0.5) is 5.69 Å². The van der Waals surface area contributed by atoms with Crippen LogP contribution in [-0.4, -0.2) is 37.5 Å². The van der Waals surface area contributed by atoms with E-state index in [0.29, 0.717) is 6.04 Å². The Morgan fingerprint density at radius 3 is 2.29 bits per heavy atom. The molecule has 2 N–H and O–H groups in total. The predicted octanol–water partition coefficient (Wildman–Crippen LogP) is 2.42. The fourth-order valence-corrected chi connectivity index (χ4v) is 3.02. The molecule has 1 heterocycles. The summed E-state index contributed by atoms with van der Waals surface area (Å²) < 4.78 is 2.46. The maximum Gasteiger partial charge on any atom is 0.0338 e. The van der Waals surface area contributed by atoms with Crippen molar-refractivity contribution in [2.75, 3.05) is 32.5 Å². The number of nitrogens with zero attached hydrogens (tertiary/aromatic N) is 1. The summed E-state index contributed by atoms with van der Waals surface area (Å²) in [5.74, 6) is 0. The molecule has 0 saturated carbocycles. The average Bonchev–Trinajstić information content (AvgIpc) is 2.40. The summed E-state index contributed by atoms with van der Waals surface area (Å²) in [5, 5.41) is 6.50. The average molecular weight is 251 g/mol. The van der Waals surface area contributed by atoms with Crippen LogP contribution in [0.2, 0.25) is 0 Å². The lowest BCUT2D eigenvalue weighted by molar-refractivity contribution is 0.319. The lowest BCUT2D eigenvalue weighted by Crippen LogP contribution is -2.38. The molecule has 2 rings (SSSR count). The first-order valence-electron chi connectivity index (χ1n) is 6.20. The minimum absolute atomic E-state index is 0.707. The molecule has 4 heteroatoms. The van der Waals surface area contributed by atoms with E-state index in [9.17, 15) is 0 Å². The number of piperidine rings is 1. The van der Waals surface area contributed by atoms with Crippen molar-refractivity contribution in [3.05, 3.63) is 24.3 Å². The Morgan fingerprint density at radius 2 is 1.76 bits per heavy atom. The molecule has 1 aliphatic heterocycles. The van der Waals surface area contributed by atoms with Crippen molar-refractivity contribution in [1.29, 1.82) is 0 Å². The van der Waals surface area contributed by atoms with E-state index in [-0.39, 0.29) is 0 Å². The third kappa shape index (κ3) is 3.63. The van der Waals surface area contributed by atoms with Crippen LogP contribution in [0.15, 0.2) is 29.2 Å². The largest absolute Gasteiger partial charge is 0.388 e. The Morgan fingerprint density at radius 1 is 1.12 bits per heavy atom. The SMILES string of the molecule is CNc1ccc(SN2CCC(NC)CC2)cc1. The number of hydrogen-bond donors (Lipinski definition) is 2. The molecule has 0 aromatic heterocycles. The lowest BCUT2D eigenvalue weighted by atomic mass is 10.1. The molecule has 0 radical (unpaired) electrons. The number of rotatable bonds is 4. The predicted molar refractivity (Wildman–Crippen MR) is 75.5 cm³/mol. The topological polar surface area (TPSA) is 27.3 Å². The van der Waals surface area contributed by atoms with Crippen LogP contribution in [0.25, 0.3) is 0 Å². The highest BCUT2D eigenvalue weighted by Gasteiger charge is 2.18. The molecule has 0 spiro atoms. The van der Waals surface area contributed by atoms with Gasteiger partial charge in [-0.3, -0.25) is 0 Å². The van der Waals surface area contributed by atoms with Crippen LogP contribution in [0.1, 0.15) is 12.8 Å². The second-order valence-corrected chi connectivity index (χ2v) is 5.53. The summed E-state index contributed by atoms with van der Waals surface area (Å²) in [6.07, 6.45) is 2.50. The van der Waals surface area contributed by atoms with Gasteiger partial charge in [0.15, 0.2) is 0 Å². The molecule has 1 aliphatic rings. The minimum Gasteiger partial charge on any atom is -0.388 e. The van der Waals surface area contributed by atoms with Gasteiger partial charge < -0.3 is 10.6 Å². The molecule has 17 heavy (non-hydrogen) atoms. The zero-order valence-electron chi connectivity index (χ0n) is 10.6. The van der Waals surface area contributed by atoms with Crippen LogP contribution >= 0.6 is 11.9 Å². The molecule has 1 aromatic carbocycles. The zero-order chi connectivity index (χ0) is 12.1. The van der Waals surface area contributed by atoms with Crippen molar-refractivity contribution >= 4 is 17.6 Å². The summed E-state index contributed by atoms with van der Waals surface area (Å²) in [7, 11) is 4.01. The van der Waals surface area contributed by atoms with E-state index in [0.717, 1.165) is 0 Å².